The van der Waals surface area contributed by atoms with Gasteiger partial charge in [0.25, 0.3) is 5.91 Å². The van der Waals surface area contributed by atoms with Crippen LogP contribution in [0.2, 0.25) is 0 Å². The summed E-state index contributed by atoms with van der Waals surface area (Å²) < 4.78 is 0. The molecule has 1 aromatic heterocycles. The smallest absolute Gasteiger partial charge is 0.253 e. The molecule has 1 aliphatic heterocycles. The van der Waals surface area contributed by atoms with Gasteiger partial charge < -0.3 is 10.6 Å². The highest BCUT2D eigenvalue weighted by atomic mass is 16.2. The third kappa shape index (κ3) is 4.51. The first-order valence-electron chi connectivity index (χ1n) is 9.51. The highest BCUT2D eigenvalue weighted by molar-refractivity contribution is 5.94. The molecule has 0 saturated carbocycles. The van der Waals surface area contributed by atoms with Crippen LogP contribution >= 0.6 is 0 Å². The van der Waals surface area contributed by atoms with Gasteiger partial charge in [0.15, 0.2) is 0 Å². The van der Waals surface area contributed by atoms with Gasteiger partial charge in [0, 0.05) is 35.8 Å². The predicted molar refractivity (Wildman–Crippen MR) is 104 cm³/mol. The quantitative estimate of drug-likeness (QED) is 0.881. The average Bonchev–Trinajstić information content (AvgIpc) is 2.67. The van der Waals surface area contributed by atoms with Crippen LogP contribution in [0.25, 0.3) is 11.3 Å². The lowest BCUT2D eigenvalue weighted by Crippen LogP contribution is -2.41. The van der Waals surface area contributed by atoms with Gasteiger partial charge in [0.1, 0.15) is 5.82 Å². The van der Waals surface area contributed by atoms with Crippen molar-refractivity contribution < 1.29 is 9.59 Å². The lowest BCUT2D eigenvalue weighted by molar-refractivity contribution is -0.123. The van der Waals surface area contributed by atoms with E-state index in [1.807, 2.05) is 37.3 Å². The summed E-state index contributed by atoms with van der Waals surface area (Å²) >= 11 is 0. The summed E-state index contributed by atoms with van der Waals surface area (Å²) in [7, 11) is 0. The number of carbonyl (C=O) groups excluding carboxylic acids is 2. The number of rotatable bonds is 5. The molecule has 1 aromatic carbocycles. The van der Waals surface area contributed by atoms with Gasteiger partial charge >= 0.3 is 0 Å². The number of hydrogen-bond acceptors (Lipinski definition) is 4. The number of hydrogen-bond donors (Lipinski definition) is 1. The Kier molecular flexibility index (Phi) is 5.84. The minimum atomic E-state index is -0.269. The standard InChI is InChI=1S/C21H26N4O2/c1-3-4-18-13-19(24-14(2)23-18)15-5-7-17(8-6-15)21(27)25-11-9-16(10-12-25)20(22)26/h5-8,13,16H,3-4,9-12H2,1-2H3,(H2,22,26). The largest absolute Gasteiger partial charge is 0.369 e. The van der Waals surface area contributed by atoms with Crippen LogP contribution in [0.15, 0.2) is 30.3 Å². The van der Waals surface area contributed by atoms with E-state index in [2.05, 4.69) is 16.9 Å². The molecule has 0 bridgehead atoms. The maximum atomic E-state index is 12.7. The Morgan fingerprint density at radius 2 is 1.81 bits per heavy atom. The van der Waals surface area contributed by atoms with Gasteiger partial charge in [-0.3, -0.25) is 9.59 Å². The van der Waals surface area contributed by atoms with Crippen molar-refractivity contribution in [3.63, 3.8) is 0 Å². The topological polar surface area (TPSA) is 89.2 Å². The molecule has 0 unspecified atom stereocenters. The molecule has 2 amide bonds. The van der Waals surface area contributed by atoms with E-state index in [4.69, 9.17) is 5.73 Å². The van der Waals surface area contributed by atoms with Crippen molar-refractivity contribution in [3.05, 3.63) is 47.4 Å². The monoisotopic (exact) mass is 366 g/mol. The van der Waals surface area contributed by atoms with Crippen molar-refractivity contribution in [2.24, 2.45) is 11.7 Å². The fraction of sp³-hybridized carbons (Fsp3) is 0.429. The van der Waals surface area contributed by atoms with Crippen molar-refractivity contribution in [2.75, 3.05) is 13.1 Å². The number of carbonyl (C=O) groups is 2. The van der Waals surface area contributed by atoms with Crippen LogP contribution in [-0.4, -0.2) is 39.8 Å². The summed E-state index contributed by atoms with van der Waals surface area (Å²) in [6, 6.07) is 9.56. The van der Waals surface area contributed by atoms with Crippen molar-refractivity contribution >= 4 is 11.8 Å². The lowest BCUT2D eigenvalue weighted by Gasteiger charge is -2.30. The molecule has 3 rings (SSSR count). The molecule has 2 aromatic rings. The second-order valence-electron chi connectivity index (χ2n) is 7.09. The molecule has 6 heteroatoms. The molecule has 0 aliphatic carbocycles. The molecular weight excluding hydrogens is 340 g/mol. The molecule has 6 nitrogen and oxygen atoms in total. The van der Waals surface area contributed by atoms with Gasteiger partial charge in [0.2, 0.25) is 5.91 Å². The zero-order valence-corrected chi connectivity index (χ0v) is 15.9. The maximum absolute atomic E-state index is 12.7. The molecular formula is C21H26N4O2. The number of likely N-dealkylation sites (tertiary alicyclic amines) is 1. The Labute approximate surface area is 159 Å². The number of aromatic nitrogens is 2. The molecule has 2 N–H and O–H groups in total. The van der Waals surface area contributed by atoms with E-state index in [0.717, 1.165) is 35.6 Å². The van der Waals surface area contributed by atoms with Crippen molar-refractivity contribution in [1.29, 1.82) is 0 Å². The zero-order valence-electron chi connectivity index (χ0n) is 15.9. The van der Waals surface area contributed by atoms with E-state index in [1.54, 1.807) is 4.90 Å². The molecule has 1 aliphatic rings. The fourth-order valence-electron chi connectivity index (χ4n) is 3.49. The number of aryl methyl sites for hydroxylation is 2. The van der Waals surface area contributed by atoms with Crippen molar-refractivity contribution in [2.45, 2.75) is 39.5 Å². The molecule has 0 atom stereocenters. The van der Waals surface area contributed by atoms with E-state index in [1.165, 1.54) is 0 Å². The first-order chi connectivity index (χ1) is 13.0. The van der Waals surface area contributed by atoms with E-state index in [-0.39, 0.29) is 17.7 Å². The van der Waals surface area contributed by atoms with E-state index in [9.17, 15) is 9.59 Å². The zero-order chi connectivity index (χ0) is 19.4. The molecule has 1 fully saturated rings. The molecule has 0 radical (unpaired) electrons. The Morgan fingerprint density at radius 3 is 2.41 bits per heavy atom. The van der Waals surface area contributed by atoms with Gasteiger partial charge in [-0.1, -0.05) is 25.5 Å². The lowest BCUT2D eigenvalue weighted by atomic mass is 9.95. The van der Waals surface area contributed by atoms with Crippen molar-refractivity contribution in [3.8, 4) is 11.3 Å². The number of nitrogens with zero attached hydrogens (tertiary/aromatic N) is 3. The van der Waals surface area contributed by atoms with Gasteiger partial charge in [0.05, 0.1) is 5.69 Å². The summed E-state index contributed by atoms with van der Waals surface area (Å²) in [6.45, 7) is 5.17. The Hall–Kier alpha value is -2.76. The predicted octanol–water partition coefficient (Wildman–Crippen LogP) is 2.74. The number of benzene rings is 1. The van der Waals surface area contributed by atoms with Gasteiger partial charge in [-0.15, -0.1) is 0 Å². The summed E-state index contributed by atoms with van der Waals surface area (Å²) in [5.74, 6) is 0.368. The fourth-order valence-corrected chi connectivity index (χ4v) is 3.49. The van der Waals surface area contributed by atoms with E-state index >= 15 is 0 Å². The van der Waals surface area contributed by atoms with Crippen LogP contribution in [-0.2, 0) is 11.2 Å². The Bertz CT molecular complexity index is 825. The van der Waals surface area contributed by atoms with Crippen LogP contribution in [0.4, 0.5) is 0 Å². The van der Waals surface area contributed by atoms with E-state index < -0.39 is 0 Å². The first-order valence-corrected chi connectivity index (χ1v) is 9.51. The third-order valence-corrected chi connectivity index (χ3v) is 5.01. The molecule has 1 saturated heterocycles. The normalized spacial score (nSPS) is 15.0. The van der Waals surface area contributed by atoms with Crippen LogP contribution in [0.3, 0.4) is 0 Å². The summed E-state index contributed by atoms with van der Waals surface area (Å²) in [5.41, 5.74) is 8.90. The molecule has 2 heterocycles. The Morgan fingerprint density at radius 1 is 1.15 bits per heavy atom. The van der Waals surface area contributed by atoms with Crippen LogP contribution < -0.4 is 5.73 Å². The summed E-state index contributed by atoms with van der Waals surface area (Å²) in [5, 5.41) is 0. The van der Waals surface area contributed by atoms with Crippen LogP contribution in [0.1, 0.15) is 48.1 Å². The maximum Gasteiger partial charge on any atom is 0.253 e. The van der Waals surface area contributed by atoms with Crippen LogP contribution in [0, 0.1) is 12.8 Å². The number of primary amides is 1. The number of piperidine rings is 1. The summed E-state index contributed by atoms with van der Waals surface area (Å²) in [4.78, 5) is 34.8. The van der Waals surface area contributed by atoms with Gasteiger partial charge in [-0.2, -0.15) is 0 Å². The molecule has 0 spiro atoms. The van der Waals surface area contributed by atoms with Gasteiger partial charge in [-0.25, -0.2) is 9.97 Å². The minimum absolute atomic E-state index is 0.00462. The first kappa shape index (κ1) is 19.0. The average molecular weight is 366 g/mol. The Balaban J connectivity index is 1.72. The highest BCUT2D eigenvalue weighted by Gasteiger charge is 2.26. The molecule has 142 valence electrons. The second-order valence-corrected chi connectivity index (χ2v) is 7.09. The highest BCUT2D eigenvalue weighted by Crippen LogP contribution is 2.22. The third-order valence-electron chi connectivity index (χ3n) is 5.01. The van der Waals surface area contributed by atoms with Gasteiger partial charge in [-0.05, 0) is 44.4 Å². The summed E-state index contributed by atoms with van der Waals surface area (Å²) in [6.07, 6.45) is 3.24. The number of amides is 2. The SMILES string of the molecule is CCCc1cc(-c2ccc(C(=O)N3CCC(C(N)=O)CC3)cc2)nc(C)n1. The minimum Gasteiger partial charge on any atom is -0.369 e. The molecule has 27 heavy (non-hydrogen) atoms. The number of nitrogens with two attached hydrogens (primary N) is 1. The van der Waals surface area contributed by atoms with E-state index in [0.29, 0.717) is 31.5 Å². The second kappa shape index (κ2) is 8.29. The van der Waals surface area contributed by atoms with Crippen LogP contribution in [0.5, 0.6) is 0 Å². The van der Waals surface area contributed by atoms with Crippen molar-refractivity contribution in [1.82, 2.24) is 14.9 Å².